The smallest absolute Gasteiger partial charge is 0.284 e. The fourth-order valence-electron chi connectivity index (χ4n) is 6.07. The summed E-state index contributed by atoms with van der Waals surface area (Å²) < 4.78 is 16.8. The zero-order valence-corrected chi connectivity index (χ0v) is 21.4. The normalized spacial score (nSPS) is 24.6. The Morgan fingerprint density at radius 1 is 1.17 bits per heavy atom. The predicted molar refractivity (Wildman–Crippen MR) is 136 cm³/mol. The minimum atomic E-state index is -0.489. The van der Waals surface area contributed by atoms with E-state index < -0.39 is 11.5 Å². The van der Waals surface area contributed by atoms with Crippen molar-refractivity contribution in [2.24, 2.45) is 23.2 Å². The van der Waals surface area contributed by atoms with Gasteiger partial charge in [-0.3, -0.25) is 14.3 Å². The largest absolute Gasteiger partial charge is 0.349 e. The molecule has 0 radical (unpaired) electrons. The van der Waals surface area contributed by atoms with Gasteiger partial charge >= 0.3 is 0 Å². The second kappa shape index (κ2) is 8.82. The number of carbonyl (C=O) groups is 1. The van der Waals surface area contributed by atoms with Gasteiger partial charge in [-0.15, -0.1) is 0 Å². The summed E-state index contributed by atoms with van der Waals surface area (Å²) in [4.78, 5) is 26.9. The van der Waals surface area contributed by atoms with Gasteiger partial charge in [0.15, 0.2) is 0 Å². The first kappa shape index (κ1) is 24.1. The summed E-state index contributed by atoms with van der Waals surface area (Å²) in [5.74, 6) is 0.702. The lowest BCUT2D eigenvalue weighted by Gasteiger charge is -2.62. The third-order valence-electron chi connectivity index (χ3n) is 8.24. The first-order valence-corrected chi connectivity index (χ1v) is 12.6. The number of rotatable bonds is 5. The molecule has 3 aromatic rings. The van der Waals surface area contributed by atoms with Crippen molar-refractivity contribution in [2.45, 2.75) is 46.2 Å². The van der Waals surface area contributed by atoms with Crippen molar-refractivity contribution in [1.82, 2.24) is 14.7 Å². The number of halogens is 3. The molecule has 1 amide bonds. The molecule has 1 N–H and O–H groups in total. The molecule has 5 nitrogen and oxygen atoms in total. The van der Waals surface area contributed by atoms with Crippen molar-refractivity contribution < 1.29 is 9.18 Å². The fraction of sp³-hybridized carbons (Fsp3) is 0.407. The Morgan fingerprint density at radius 3 is 2.60 bits per heavy atom. The van der Waals surface area contributed by atoms with Gasteiger partial charge in [0.1, 0.15) is 11.4 Å². The Balaban J connectivity index is 1.50. The van der Waals surface area contributed by atoms with Gasteiger partial charge in [0.25, 0.3) is 11.5 Å². The number of carbonyl (C=O) groups excluding carboxylic acids is 1. The number of amides is 1. The van der Waals surface area contributed by atoms with E-state index in [1.54, 1.807) is 35.0 Å². The maximum absolute atomic E-state index is 13.8. The van der Waals surface area contributed by atoms with Crippen LogP contribution in [0.15, 0.2) is 53.5 Å². The van der Waals surface area contributed by atoms with Crippen molar-refractivity contribution >= 4 is 29.1 Å². The van der Waals surface area contributed by atoms with Crippen molar-refractivity contribution in [3.8, 4) is 5.69 Å². The standard InChI is InChI=1S/C27H28Cl2FN3O2/c1-15-21-10-17(27(21,2)3)11-23(15)31-25(34)20-14-32(13-16-5-4-6-19(30)9-16)33(26(20)35)24-8-7-18(28)12-22(24)29/h4-9,12,14-15,17,21,23H,10-11,13H2,1-3H3,(H,31,34)/t15-,17+,21-,23-/m1/s1. The quantitative estimate of drug-likeness (QED) is 0.457. The Labute approximate surface area is 213 Å². The van der Waals surface area contributed by atoms with Gasteiger partial charge in [0, 0.05) is 17.3 Å². The SMILES string of the molecule is C[C@@H]1[C@H]2C[C@@H](C[C@H]1NC(=O)c1cn(Cc3cccc(F)c3)n(-c3ccc(Cl)cc3Cl)c1=O)C2(C)C. The number of hydrogen-bond acceptors (Lipinski definition) is 2. The van der Waals surface area contributed by atoms with E-state index in [0.717, 1.165) is 6.42 Å². The predicted octanol–water partition coefficient (Wildman–Crippen LogP) is 5.93. The number of benzene rings is 2. The maximum atomic E-state index is 13.8. The lowest BCUT2D eigenvalue weighted by Crippen LogP contribution is -2.60. The molecule has 6 rings (SSSR count). The zero-order chi connectivity index (χ0) is 25.1. The van der Waals surface area contributed by atoms with Gasteiger partial charge in [-0.1, -0.05) is 56.1 Å². The van der Waals surface area contributed by atoms with Crippen LogP contribution in [0.25, 0.3) is 5.69 Å². The molecule has 0 spiro atoms. The lowest BCUT2D eigenvalue weighted by atomic mass is 9.45. The molecule has 0 saturated heterocycles. The van der Waals surface area contributed by atoms with E-state index in [0.29, 0.717) is 39.4 Å². The van der Waals surface area contributed by atoms with Gasteiger partial charge < -0.3 is 5.32 Å². The average Bonchev–Trinajstić information content (AvgIpc) is 3.10. The van der Waals surface area contributed by atoms with Gasteiger partial charge in [-0.05, 0) is 71.9 Å². The second-order valence-electron chi connectivity index (χ2n) is 10.5. The van der Waals surface area contributed by atoms with Crippen molar-refractivity contribution in [2.75, 3.05) is 0 Å². The Kier molecular flexibility index (Phi) is 6.09. The Morgan fingerprint density at radius 2 is 1.94 bits per heavy atom. The number of aromatic nitrogens is 2. The van der Waals surface area contributed by atoms with Crippen LogP contribution in [0, 0.1) is 29.0 Å². The highest BCUT2D eigenvalue weighted by molar-refractivity contribution is 6.35. The molecule has 1 aromatic heterocycles. The van der Waals surface area contributed by atoms with Crippen LogP contribution in [-0.2, 0) is 6.54 Å². The Bertz CT molecular complexity index is 1360. The number of fused-ring (bicyclic) bond motifs is 2. The highest BCUT2D eigenvalue weighted by Crippen LogP contribution is 2.61. The van der Waals surface area contributed by atoms with Crippen LogP contribution in [0.1, 0.15) is 49.5 Å². The van der Waals surface area contributed by atoms with E-state index in [9.17, 15) is 14.0 Å². The van der Waals surface area contributed by atoms with Crippen molar-refractivity contribution in [1.29, 1.82) is 0 Å². The molecule has 4 atom stereocenters. The molecule has 35 heavy (non-hydrogen) atoms. The molecule has 184 valence electrons. The summed E-state index contributed by atoms with van der Waals surface area (Å²) >= 11 is 12.5. The summed E-state index contributed by atoms with van der Waals surface area (Å²) in [7, 11) is 0. The lowest BCUT2D eigenvalue weighted by molar-refractivity contribution is -0.113. The van der Waals surface area contributed by atoms with Gasteiger partial charge in [0.05, 0.1) is 17.3 Å². The molecule has 1 heterocycles. The molecular formula is C27H28Cl2FN3O2. The monoisotopic (exact) mass is 515 g/mol. The van der Waals surface area contributed by atoms with Crippen LogP contribution in [0.4, 0.5) is 4.39 Å². The molecule has 0 aliphatic heterocycles. The number of hydrogen-bond donors (Lipinski definition) is 1. The van der Waals surface area contributed by atoms with Crippen LogP contribution >= 0.6 is 23.2 Å². The molecule has 0 unspecified atom stereocenters. The number of nitrogens with zero attached hydrogens (tertiary/aromatic N) is 2. The van der Waals surface area contributed by atoms with Gasteiger partial charge in [-0.25, -0.2) is 9.07 Å². The third-order valence-corrected chi connectivity index (χ3v) is 8.78. The van der Waals surface area contributed by atoms with E-state index >= 15 is 0 Å². The summed E-state index contributed by atoms with van der Waals surface area (Å²) in [6.45, 7) is 6.98. The van der Waals surface area contributed by atoms with Crippen LogP contribution in [0.3, 0.4) is 0 Å². The Hall–Kier alpha value is -2.57. The molecule has 3 aliphatic rings. The zero-order valence-electron chi connectivity index (χ0n) is 19.9. The molecule has 3 fully saturated rings. The highest BCUT2D eigenvalue weighted by atomic mass is 35.5. The van der Waals surface area contributed by atoms with Gasteiger partial charge in [-0.2, -0.15) is 0 Å². The van der Waals surface area contributed by atoms with Crippen LogP contribution in [-0.4, -0.2) is 21.3 Å². The summed E-state index contributed by atoms with van der Waals surface area (Å²) in [6, 6.07) is 11.0. The molecule has 8 heteroatoms. The van der Waals surface area contributed by atoms with E-state index in [2.05, 4.69) is 26.1 Å². The topological polar surface area (TPSA) is 56.0 Å². The van der Waals surface area contributed by atoms with E-state index in [1.165, 1.54) is 29.4 Å². The second-order valence-corrected chi connectivity index (χ2v) is 11.4. The summed E-state index contributed by atoms with van der Waals surface area (Å²) in [6.07, 6.45) is 3.63. The summed E-state index contributed by atoms with van der Waals surface area (Å²) in [5, 5.41) is 3.84. The van der Waals surface area contributed by atoms with Crippen molar-refractivity contribution in [3.63, 3.8) is 0 Å². The molecular weight excluding hydrogens is 488 g/mol. The summed E-state index contributed by atoms with van der Waals surface area (Å²) in [5.41, 5.74) is 0.877. The maximum Gasteiger partial charge on any atom is 0.284 e. The van der Waals surface area contributed by atoms with Crippen LogP contribution < -0.4 is 10.9 Å². The van der Waals surface area contributed by atoms with Crippen LogP contribution in [0.2, 0.25) is 10.0 Å². The minimum absolute atomic E-state index is 0.0258. The first-order valence-electron chi connectivity index (χ1n) is 11.9. The third kappa shape index (κ3) is 4.21. The minimum Gasteiger partial charge on any atom is -0.349 e. The molecule has 2 bridgehead atoms. The highest BCUT2D eigenvalue weighted by Gasteiger charge is 2.56. The first-order chi connectivity index (χ1) is 16.6. The molecule has 3 saturated carbocycles. The number of nitrogens with one attached hydrogen (secondary N) is 1. The van der Waals surface area contributed by atoms with E-state index in [1.807, 2.05) is 0 Å². The molecule has 2 aromatic carbocycles. The van der Waals surface area contributed by atoms with Crippen molar-refractivity contribution in [3.05, 3.63) is 86.0 Å². The average molecular weight is 516 g/mol. The van der Waals surface area contributed by atoms with Crippen LogP contribution in [0.5, 0.6) is 0 Å². The van der Waals surface area contributed by atoms with E-state index in [-0.39, 0.29) is 29.0 Å². The molecule has 3 aliphatic carbocycles. The fourth-order valence-corrected chi connectivity index (χ4v) is 6.56. The van der Waals surface area contributed by atoms with Gasteiger partial charge in [0.2, 0.25) is 0 Å². The van der Waals surface area contributed by atoms with E-state index in [4.69, 9.17) is 23.2 Å².